The zero-order valence-electron chi connectivity index (χ0n) is 16.8. The average Bonchev–Trinajstić information content (AvgIpc) is 3.13. The lowest BCUT2D eigenvalue weighted by molar-refractivity contribution is -0.123. The van der Waals surface area contributed by atoms with Crippen molar-refractivity contribution >= 4 is 35.1 Å². The number of nitrogens with one attached hydrogen (secondary N) is 2. The number of hydrogen-bond acceptors (Lipinski definition) is 5. The summed E-state index contributed by atoms with van der Waals surface area (Å²) < 4.78 is 0. The Bertz CT molecular complexity index is 827. The lowest BCUT2D eigenvalue weighted by atomic mass is 9.85. The molecule has 8 heteroatoms. The van der Waals surface area contributed by atoms with Crippen LogP contribution in [0.25, 0.3) is 0 Å². The van der Waals surface area contributed by atoms with Gasteiger partial charge in [-0.25, -0.2) is 4.98 Å². The highest BCUT2D eigenvalue weighted by Gasteiger charge is 2.32. The number of amides is 2. The highest BCUT2D eigenvalue weighted by atomic mass is 35.5. The maximum atomic E-state index is 12.8. The van der Waals surface area contributed by atoms with E-state index in [-0.39, 0.29) is 29.8 Å². The molecule has 3 heterocycles. The third kappa shape index (κ3) is 4.55. The SMILES string of the molecule is CC(=O)N[C@H]1CCC[C@@H](C(=O)Nc2cc(C3CN=C4CCCCN43)c(Cl)cn2)C1. The van der Waals surface area contributed by atoms with Crippen molar-refractivity contribution < 1.29 is 9.59 Å². The van der Waals surface area contributed by atoms with E-state index >= 15 is 0 Å². The number of amidine groups is 1. The van der Waals surface area contributed by atoms with Gasteiger partial charge in [0.2, 0.25) is 11.8 Å². The summed E-state index contributed by atoms with van der Waals surface area (Å²) in [6.07, 6.45) is 8.35. The standard InChI is InChI=1S/C21H28ClN5O2/c1-13(28)25-15-6-4-5-14(9-15)21(29)26-19-10-16(17(22)11-23-19)18-12-24-20-7-2-3-8-27(18)20/h10-11,14-15,18H,2-9,12H2,1H3,(H,25,28)(H,23,26,29)/t14-,15+,18?/m1/s1. The smallest absolute Gasteiger partial charge is 0.228 e. The summed E-state index contributed by atoms with van der Waals surface area (Å²) >= 11 is 6.47. The van der Waals surface area contributed by atoms with Crippen LogP contribution < -0.4 is 10.6 Å². The van der Waals surface area contributed by atoms with Crippen LogP contribution in [-0.4, -0.2) is 46.7 Å². The van der Waals surface area contributed by atoms with Crippen LogP contribution in [-0.2, 0) is 9.59 Å². The minimum atomic E-state index is -0.120. The normalized spacial score (nSPS) is 26.5. The number of hydrogen-bond donors (Lipinski definition) is 2. The molecule has 1 saturated heterocycles. The number of rotatable bonds is 4. The fourth-order valence-corrected chi connectivity index (χ4v) is 4.98. The second-order valence-electron chi connectivity index (χ2n) is 8.26. The third-order valence-electron chi connectivity index (χ3n) is 6.15. The number of pyridine rings is 1. The van der Waals surface area contributed by atoms with E-state index < -0.39 is 0 Å². The van der Waals surface area contributed by atoms with Crippen LogP contribution in [0.15, 0.2) is 17.3 Å². The number of carbonyl (C=O) groups excluding carboxylic acids is 2. The first-order valence-electron chi connectivity index (χ1n) is 10.5. The van der Waals surface area contributed by atoms with Crippen LogP contribution in [0.5, 0.6) is 0 Å². The summed E-state index contributed by atoms with van der Waals surface area (Å²) in [6.45, 7) is 3.22. The van der Waals surface area contributed by atoms with Crippen molar-refractivity contribution in [1.82, 2.24) is 15.2 Å². The maximum absolute atomic E-state index is 12.8. The molecule has 3 aliphatic rings. The van der Waals surface area contributed by atoms with Gasteiger partial charge in [-0.3, -0.25) is 14.6 Å². The monoisotopic (exact) mass is 417 g/mol. The molecule has 0 bridgehead atoms. The first kappa shape index (κ1) is 20.1. The molecule has 29 heavy (non-hydrogen) atoms. The van der Waals surface area contributed by atoms with Gasteiger partial charge in [-0.1, -0.05) is 18.0 Å². The zero-order chi connectivity index (χ0) is 20.4. The van der Waals surface area contributed by atoms with Crippen molar-refractivity contribution in [2.75, 3.05) is 18.4 Å². The molecule has 2 amide bonds. The number of anilines is 1. The van der Waals surface area contributed by atoms with E-state index in [0.29, 0.717) is 23.8 Å². The third-order valence-corrected chi connectivity index (χ3v) is 6.47. The van der Waals surface area contributed by atoms with E-state index in [1.54, 1.807) is 6.20 Å². The maximum Gasteiger partial charge on any atom is 0.228 e. The van der Waals surface area contributed by atoms with Gasteiger partial charge in [0.05, 0.1) is 23.4 Å². The van der Waals surface area contributed by atoms with Crippen molar-refractivity contribution in [2.45, 2.75) is 64.0 Å². The zero-order valence-corrected chi connectivity index (χ0v) is 17.5. The Morgan fingerprint density at radius 3 is 2.93 bits per heavy atom. The van der Waals surface area contributed by atoms with E-state index in [4.69, 9.17) is 16.6 Å². The molecule has 156 valence electrons. The minimum absolute atomic E-state index is 0.0397. The van der Waals surface area contributed by atoms with Gasteiger partial charge in [0, 0.05) is 43.6 Å². The largest absolute Gasteiger partial charge is 0.354 e. The van der Waals surface area contributed by atoms with Crippen LogP contribution in [0.4, 0.5) is 5.82 Å². The van der Waals surface area contributed by atoms with Crippen LogP contribution >= 0.6 is 11.6 Å². The van der Waals surface area contributed by atoms with Gasteiger partial charge in [-0.05, 0) is 38.2 Å². The van der Waals surface area contributed by atoms with Gasteiger partial charge in [0.25, 0.3) is 0 Å². The number of carbonyl (C=O) groups is 2. The van der Waals surface area contributed by atoms with Crippen molar-refractivity contribution in [1.29, 1.82) is 0 Å². The van der Waals surface area contributed by atoms with E-state index in [0.717, 1.165) is 37.8 Å². The Kier molecular flexibility index (Phi) is 6.04. The molecule has 2 fully saturated rings. The van der Waals surface area contributed by atoms with Crippen LogP contribution in [0.3, 0.4) is 0 Å². The van der Waals surface area contributed by atoms with E-state index in [1.807, 2.05) is 6.07 Å². The minimum Gasteiger partial charge on any atom is -0.354 e. The molecule has 1 aromatic rings. The molecule has 0 radical (unpaired) electrons. The van der Waals surface area contributed by atoms with Crippen molar-refractivity contribution in [2.24, 2.45) is 10.9 Å². The molecule has 3 atom stereocenters. The van der Waals surface area contributed by atoms with E-state index in [1.165, 1.54) is 25.6 Å². The summed E-state index contributed by atoms with van der Waals surface area (Å²) in [5, 5.41) is 6.52. The molecule has 4 rings (SSSR count). The molecule has 0 aromatic carbocycles. The Balaban J connectivity index is 1.44. The Labute approximate surface area is 176 Å². The quantitative estimate of drug-likeness (QED) is 0.786. The fraction of sp³-hybridized carbons (Fsp3) is 0.619. The van der Waals surface area contributed by atoms with E-state index in [2.05, 4.69) is 20.5 Å². The van der Waals surface area contributed by atoms with Gasteiger partial charge in [-0.15, -0.1) is 0 Å². The number of fused-ring (bicyclic) bond motifs is 1. The summed E-state index contributed by atoms with van der Waals surface area (Å²) in [6, 6.07) is 2.08. The van der Waals surface area contributed by atoms with Gasteiger partial charge in [0.1, 0.15) is 5.82 Å². The average molecular weight is 418 g/mol. The van der Waals surface area contributed by atoms with Gasteiger partial charge in [-0.2, -0.15) is 0 Å². The van der Waals surface area contributed by atoms with Crippen molar-refractivity contribution in [3.63, 3.8) is 0 Å². The summed E-state index contributed by atoms with van der Waals surface area (Å²) in [4.78, 5) is 35.5. The molecule has 1 aromatic heterocycles. The summed E-state index contributed by atoms with van der Waals surface area (Å²) in [5.41, 5.74) is 0.970. The lowest BCUT2D eigenvalue weighted by Crippen LogP contribution is -2.40. The molecule has 0 spiro atoms. The second-order valence-corrected chi connectivity index (χ2v) is 8.67. The van der Waals surface area contributed by atoms with Crippen LogP contribution in [0.1, 0.15) is 63.5 Å². The first-order valence-corrected chi connectivity index (χ1v) is 10.9. The predicted molar refractivity (Wildman–Crippen MR) is 113 cm³/mol. The fourth-order valence-electron chi connectivity index (χ4n) is 4.75. The molecule has 1 aliphatic carbocycles. The highest BCUT2D eigenvalue weighted by molar-refractivity contribution is 6.31. The molecule has 2 aliphatic heterocycles. The summed E-state index contributed by atoms with van der Waals surface area (Å²) in [7, 11) is 0. The number of piperidine rings is 1. The van der Waals surface area contributed by atoms with Gasteiger partial charge in [0.15, 0.2) is 0 Å². The predicted octanol–water partition coefficient (Wildman–Crippen LogP) is 3.31. The molecule has 1 saturated carbocycles. The van der Waals surface area contributed by atoms with E-state index in [9.17, 15) is 9.59 Å². The van der Waals surface area contributed by atoms with Crippen molar-refractivity contribution in [3.05, 3.63) is 22.8 Å². The Hall–Kier alpha value is -2.15. The Morgan fingerprint density at radius 2 is 2.10 bits per heavy atom. The first-order chi connectivity index (χ1) is 14.0. The molecule has 2 N–H and O–H groups in total. The van der Waals surface area contributed by atoms with Crippen LogP contribution in [0, 0.1) is 5.92 Å². The van der Waals surface area contributed by atoms with Gasteiger partial charge < -0.3 is 15.5 Å². The van der Waals surface area contributed by atoms with Crippen molar-refractivity contribution in [3.8, 4) is 0 Å². The number of nitrogens with zero attached hydrogens (tertiary/aromatic N) is 3. The highest BCUT2D eigenvalue weighted by Crippen LogP contribution is 2.35. The topological polar surface area (TPSA) is 86.7 Å². The number of aromatic nitrogens is 1. The summed E-state index contributed by atoms with van der Waals surface area (Å²) in [5.74, 6) is 1.50. The lowest BCUT2D eigenvalue weighted by Gasteiger charge is -2.32. The van der Waals surface area contributed by atoms with Gasteiger partial charge >= 0.3 is 0 Å². The second kappa shape index (κ2) is 8.69. The number of halogens is 1. The van der Waals surface area contributed by atoms with Crippen LogP contribution in [0.2, 0.25) is 5.02 Å². The molecule has 7 nitrogen and oxygen atoms in total. The molecule has 1 unspecified atom stereocenters. The Morgan fingerprint density at radius 1 is 1.24 bits per heavy atom. The number of aliphatic imine (C=N–C) groups is 1. The molecular weight excluding hydrogens is 390 g/mol. The molecular formula is C21H28ClN5O2.